The number of furan rings is 1. The number of rotatable bonds is 4. The lowest BCUT2D eigenvalue weighted by atomic mass is 10.2. The topological polar surface area (TPSA) is 64.2 Å². The van der Waals surface area contributed by atoms with E-state index in [1.165, 1.54) is 0 Å². The highest BCUT2D eigenvalue weighted by Crippen LogP contribution is 2.28. The van der Waals surface area contributed by atoms with Crippen LogP contribution >= 0.6 is 0 Å². The lowest BCUT2D eigenvalue weighted by molar-refractivity contribution is -0.138. The van der Waals surface area contributed by atoms with Crippen LogP contribution in [0.25, 0.3) is 11.0 Å². The van der Waals surface area contributed by atoms with Gasteiger partial charge in [0.2, 0.25) is 5.91 Å². The summed E-state index contributed by atoms with van der Waals surface area (Å²) < 4.78 is 44.6. The lowest BCUT2D eigenvalue weighted by Gasteiger charge is -2.13. The smallest absolute Gasteiger partial charge is 0.417 e. The Kier molecular flexibility index (Phi) is 4.58. The largest absolute Gasteiger partial charge is 0.459 e. The second-order valence-corrected chi connectivity index (χ2v) is 5.86. The summed E-state index contributed by atoms with van der Waals surface area (Å²) in [6.45, 7) is 1.16. The summed E-state index contributed by atoms with van der Waals surface area (Å²) >= 11 is 0. The van der Waals surface area contributed by atoms with Gasteiger partial charge in [0.25, 0.3) is 5.56 Å². The second kappa shape index (κ2) is 6.70. The molecule has 2 aromatic heterocycles. The van der Waals surface area contributed by atoms with E-state index >= 15 is 0 Å². The Bertz CT molecular complexity index is 972. The first-order chi connectivity index (χ1) is 12.2. The van der Waals surface area contributed by atoms with Gasteiger partial charge >= 0.3 is 6.18 Å². The molecule has 3 rings (SSSR count). The maximum atomic E-state index is 12.7. The van der Waals surface area contributed by atoms with Gasteiger partial charge in [-0.1, -0.05) is 18.2 Å². The van der Waals surface area contributed by atoms with Gasteiger partial charge < -0.3 is 14.3 Å². The third-order valence-corrected chi connectivity index (χ3v) is 3.87. The number of nitrogens with one attached hydrogen (secondary N) is 1. The molecule has 0 aliphatic heterocycles. The van der Waals surface area contributed by atoms with E-state index in [2.05, 4.69) is 5.32 Å². The molecule has 1 amide bonds. The number of benzene rings is 1. The van der Waals surface area contributed by atoms with Crippen LogP contribution in [0.3, 0.4) is 0 Å². The molecule has 1 N–H and O–H groups in total. The first-order valence-electron chi connectivity index (χ1n) is 7.79. The van der Waals surface area contributed by atoms with E-state index in [0.717, 1.165) is 16.0 Å². The van der Waals surface area contributed by atoms with Crippen LogP contribution < -0.4 is 10.9 Å². The van der Waals surface area contributed by atoms with Gasteiger partial charge in [-0.2, -0.15) is 13.2 Å². The fraction of sp³-hybridized carbons (Fsp3) is 0.222. The molecule has 136 valence electrons. The van der Waals surface area contributed by atoms with Gasteiger partial charge in [0.05, 0.1) is 11.6 Å². The molecule has 0 fully saturated rings. The molecule has 8 heteroatoms. The molecule has 3 aromatic rings. The number of alkyl halides is 3. The van der Waals surface area contributed by atoms with Crippen molar-refractivity contribution < 1.29 is 22.4 Å². The number of pyridine rings is 1. The minimum absolute atomic E-state index is 0.503. The van der Waals surface area contributed by atoms with Crippen LogP contribution in [-0.2, 0) is 17.5 Å². The zero-order valence-corrected chi connectivity index (χ0v) is 13.7. The Morgan fingerprint density at radius 3 is 2.65 bits per heavy atom. The monoisotopic (exact) mass is 364 g/mol. The Balaban J connectivity index is 1.73. The average molecular weight is 364 g/mol. The predicted molar refractivity (Wildman–Crippen MR) is 88.5 cm³/mol. The summed E-state index contributed by atoms with van der Waals surface area (Å²) in [7, 11) is 0. The molecule has 0 spiro atoms. The predicted octanol–water partition coefficient (Wildman–Crippen LogP) is 3.49. The van der Waals surface area contributed by atoms with Crippen molar-refractivity contribution in [2.24, 2.45) is 0 Å². The van der Waals surface area contributed by atoms with Crippen LogP contribution in [0.15, 0.2) is 57.9 Å². The highest BCUT2D eigenvalue weighted by molar-refractivity contribution is 5.79. The third kappa shape index (κ3) is 3.79. The number of hydrogen-bond acceptors (Lipinski definition) is 3. The molecular weight excluding hydrogens is 349 g/mol. The number of amides is 1. The maximum Gasteiger partial charge on any atom is 0.417 e. The van der Waals surface area contributed by atoms with Crippen molar-refractivity contribution in [3.63, 3.8) is 0 Å². The summed E-state index contributed by atoms with van der Waals surface area (Å²) in [5.74, 6) is -0.0877. The van der Waals surface area contributed by atoms with E-state index in [0.29, 0.717) is 23.6 Å². The number of aromatic nitrogens is 1. The van der Waals surface area contributed by atoms with E-state index in [9.17, 15) is 22.8 Å². The number of hydrogen-bond donors (Lipinski definition) is 1. The molecule has 0 aliphatic carbocycles. The SMILES string of the molecule is CC(NC(=O)Cn1cc(C(F)(F)F)ccc1=O)c1cc2ccccc2o1. The minimum atomic E-state index is -4.59. The van der Waals surface area contributed by atoms with Crippen LogP contribution in [0.5, 0.6) is 0 Å². The molecule has 0 saturated heterocycles. The number of halogens is 3. The molecule has 1 aromatic carbocycles. The highest BCUT2D eigenvalue weighted by Gasteiger charge is 2.31. The Hall–Kier alpha value is -3.03. The second-order valence-electron chi connectivity index (χ2n) is 5.86. The fourth-order valence-corrected chi connectivity index (χ4v) is 2.55. The molecule has 5 nitrogen and oxygen atoms in total. The van der Waals surface area contributed by atoms with Crippen molar-refractivity contribution in [3.05, 3.63) is 70.3 Å². The quantitative estimate of drug-likeness (QED) is 0.771. The standard InChI is InChI=1S/C18H15F3N2O3/c1-11(15-8-12-4-2-3-5-14(12)26-15)22-16(24)10-23-9-13(18(19,20)21)6-7-17(23)25/h2-9,11H,10H2,1H3,(H,22,24). The van der Waals surface area contributed by atoms with E-state index < -0.39 is 35.8 Å². The van der Waals surface area contributed by atoms with Gasteiger partial charge in [0.15, 0.2) is 0 Å². The molecule has 26 heavy (non-hydrogen) atoms. The molecule has 0 radical (unpaired) electrons. The van der Waals surface area contributed by atoms with Crippen LogP contribution in [0.2, 0.25) is 0 Å². The lowest BCUT2D eigenvalue weighted by Crippen LogP contribution is -2.33. The van der Waals surface area contributed by atoms with E-state index in [1.54, 1.807) is 19.1 Å². The van der Waals surface area contributed by atoms with Gasteiger partial charge in [0.1, 0.15) is 17.9 Å². The van der Waals surface area contributed by atoms with Crippen molar-refractivity contribution in [1.82, 2.24) is 9.88 Å². The number of fused-ring (bicyclic) bond motifs is 1. The Labute approximate surface area is 146 Å². The first-order valence-corrected chi connectivity index (χ1v) is 7.79. The van der Waals surface area contributed by atoms with Crippen LogP contribution in [0, 0.1) is 0 Å². The zero-order chi connectivity index (χ0) is 18.9. The number of nitrogens with zero attached hydrogens (tertiary/aromatic N) is 1. The Morgan fingerprint density at radius 2 is 1.96 bits per heavy atom. The molecule has 2 heterocycles. The summed E-state index contributed by atoms with van der Waals surface area (Å²) in [5, 5.41) is 3.49. The summed E-state index contributed by atoms with van der Waals surface area (Å²) in [6, 6.07) is 10.1. The molecule has 0 saturated carbocycles. The van der Waals surface area contributed by atoms with Crippen molar-refractivity contribution >= 4 is 16.9 Å². The molecular formula is C18H15F3N2O3. The number of carbonyl (C=O) groups is 1. The van der Waals surface area contributed by atoms with Crippen molar-refractivity contribution in [3.8, 4) is 0 Å². The number of carbonyl (C=O) groups excluding carboxylic acids is 1. The normalized spacial score (nSPS) is 12.9. The van der Waals surface area contributed by atoms with Crippen LogP contribution in [0.1, 0.15) is 24.3 Å². The molecule has 1 atom stereocenters. The summed E-state index contributed by atoms with van der Waals surface area (Å²) in [5.41, 5.74) is -1.02. The maximum absolute atomic E-state index is 12.7. The van der Waals surface area contributed by atoms with Crippen LogP contribution in [0.4, 0.5) is 13.2 Å². The van der Waals surface area contributed by atoms with Gasteiger partial charge in [0, 0.05) is 17.6 Å². The van der Waals surface area contributed by atoms with Gasteiger partial charge in [-0.25, -0.2) is 0 Å². The summed E-state index contributed by atoms with van der Waals surface area (Å²) in [6.07, 6.45) is -3.96. The molecule has 1 unspecified atom stereocenters. The van der Waals surface area contributed by atoms with E-state index in [1.807, 2.05) is 18.2 Å². The first kappa shape index (κ1) is 17.8. The summed E-state index contributed by atoms with van der Waals surface area (Å²) in [4.78, 5) is 23.8. The van der Waals surface area contributed by atoms with Gasteiger partial charge in [-0.05, 0) is 25.1 Å². The number of para-hydroxylation sites is 1. The van der Waals surface area contributed by atoms with Gasteiger partial charge in [-0.15, -0.1) is 0 Å². The van der Waals surface area contributed by atoms with E-state index in [-0.39, 0.29) is 0 Å². The fourth-order valence-electron chi connectivity index (χ4n) is 2.55. The minimum Gasteiger partial charge on any atom is -0.459 e. The highest BCUT2D eigenvalue weighted by atomic mass is 19.4. The van der Waals surface area contributed by atoms with Crippen LogP contribution in [-0.4, -0.2) is 10.5 Å². The van der Waals surface area contributed by atoms with Crippen molar-refractivity contribution in [1.29, 1.82) is 0 Å². The average Bonchev–Trinajstić information content (AvgIpc) is 3.00. The van der Waals surface area contributed by atoms with Crippen molar-refractivity contribution in [2.45, 2.75) is 25.7 Å². The van der Waals surface area contributed by atoms with Crippen molar-refractivity contribution in [2.75, 3.05) is 0 Å². The Morgan fingerprint density at radius 1 is 1.23 bits per heavy atom. The molecule has 0 bridgehead atoms. The van der Waals surface area contributed by atoms with E-state index in [4.69, 9.17) is 4.42 Å². The third-order valence-electron chi connectivity index (χ3n) is 3.87. The zero-order valence-electron chi connectivity index (χ0n) is 13.7. The van der Waals surface area contributed by atoms with Gasteiger partial charge in [-0.3, -0.25) is 9.59 Å². The molecule has 0 aliphatic rings.